The molecule has 7 nitrogen and oxygen atoms in total. The second-order valence-corrected chi connectivity index (χ2v) is 8.94. The highest BCUT2D eigenvalue weighted by Gasteiger charge is 2.27. The van der Waals surface area contributed by atoms with E-state index in [2.05, 4.69) is 33.6 Å². The zero-order chi connectivity index (χ0) is 23.2. The van der Waals surface area contributed by atoms with Crippen LogP contribution >= 0.6 is 0 Å². The summed E-state index contributed by atoms with van der Waals surface area (Å²) in [5.41, 5.74) is 3.59. The second kappa shape index (κ2) is 10.6. The minimum Gasteiger partial charge on any atom is -0.481 e. The Morgan fingerprint density at radius 3 is 2.58 bits per heavy atom. The molecule has 174 valence electrons. The zero-order valence-electron chi connectivity index (χ0n) is 19.3. The molecule has 33 heavy (non-hydrogen) atoms. The molecule has 1 aromatic heterocycles. The van der Waals surface area contributed by atoms with Gasteiger partial charge in [0.1, 0.15) is 6.04 Å². The van der Waals surface area contributed by atoms with Crippen molar-refractivity contribution in [3.8, 4) is 5.88 Å². The summed E-state index contributed by atoms with van der Waals surface area (Å²) >= 11 is 0. The lowest BCUT2D eigenvalue weighted by molar-refractivity contribution is -0.118. The lowest BCUT2D eigenvalue weighted by Gasteiger charge is -2.22. The number of ether oxygens (including phenoxy) is 1. The largest absolute Gasteiger partial charge is 0.481 e. The Balaban J connectivity index is 1.40. The molecular weight excluding hydrogens is 416 g/mol. The molecule has 0 spiro atoms. The van der Waals surface area contributed by atoms with Crippen molar-refractivity contribution >= 4 is 23.1 Å². The Kier molecular flexibility index (Phi) is 7.40. The summed E-state index contributed by atoms with van der Waals surface area (Å²) in [6.07, 6.45) is 8.75. The van der Waals surface area contributed by atoms with Gasteiger partial charge >= 0.3 is 0 Å². The number of nitrogens with one attached hydrogen (secondary N) is 2. The van der Waals surface area contributed by atoms with Crippen LogP contribution in [0.5, 0.6) is 5.88 Å². The zero-order valence-corrected chi connectivity index (χ0v) is 19.3. The number of carbonyl (C=O) groups excluding carboxylic acids is 2. The topological polar surface area (TPSA) is 83.6 Å². The minimum atomic E-state index is -0.600. The van der Waals surface area contributed by atoms with Gasteiger partial charge in [-0.1, -0.05) is 31.1 Å². The Labute approximate surface area is 195 Å². The molecule has 1 unspecified atom stereocenters. The quantitative estimate of drug-likeness (QED) is 0.611. The van der Waals surface area contributed by atoms with E-state index >= 15 is 0 Å². The van der Waals surface area contributed by atoms with Crippen molar-refractivity contribution in [2.45, 2.75) is 38.1 Å². The molecule has 0 saturated heterocycles. The van der Waals surface area contributed by atoms with Crippen molar-refractivity contribution in [3.05, 3.63) is 59.8 Å². The third-order valence-corrected chi connectivity index (χ3v) is 6.33. The number of nitrogens with zero attached hydrogens (tertiary/aromatic N) is 2. The highest BCUT2D eigenvalue weighted by molar-refractivity contribution is 6.01. The van der Waals surface area contributed by atoms with Crippen molar-refractivity contribution in [3.63, 3.8) is 0 Å². The number of carbonyl (C=O) groups is 2. The van der Waals surface area contributed by atoms with Crippen LogP contribution < -0.4 is 15.4 Å². The van der Waals surface area contributed by atoms with E-state index in [9.17, 15) is 9.59 Å². The minimum absolute atomic E-state index is 0.232. The smallest absolute Gasteiger partial charge is 0.251 e. The van der Waals surface area contributed by atoms with Crippen molar-refractivity contribution in [2.75, 3.05) is 32.6 Å². The Hall–Kier alpha value is -3.19. The van der Waals surface area contributed by atoms with Crippen LogP contribution in [0.3, 0.4) is 0 Å². The van der Waals surface area contributed by atoms with Crippen LogP contribution in [0.25, 0.3) is 5.57 Å². The number of hydrogen-bond donors (Lipinski definition) is 2. The summed E-state index contributed by atoms with van der Waals surface area (Å²) in [5, 5.41) is 5.81. The van der Waals surface area contributed by atoms with Crippen molar-refractivity contribution in [2.24, 2.45) is 5.92 Å². The fraction of sp³-hybridized carbons (Fsp3) is 0.423. The van der Waals surface area contributed by atoms with E-state index in [1.165, 1.54) is 18.4 Å². The van der Waals surface area contributed by atoms with E-state index in [0.717, 1.165) is 31.5 Å². The Morgan fingerprint density at radius 2 is 1.97 bits per heavy atom. The van der Waals surface area contributed by atoms with Gasteiger partial charge in [0.2, 0.25) is 11.8 Å². The summed E-state index contributed by atoms with van der Waals surface area (Å²) in [6, 6.07) is 10.5. The van der Waals surface area contributed by atoms with Gasteiger partial charge in [-0.15, -0.1) is 0 Å². The lowest BCUT2D eigenvalue weighted by Crippen LogP contribution is -2.43. The van der Waals surface area contributed by atoms with Crippen molar-refractivity contribution in [1.29, 1.82) is 0 Å². The van der Waals surface area contributed by atoms with Gasteiger partial charge in [-0.2, -0.15) is 0 Å². The van der Waals surface area contributed by atoms with Crippen LogP contribution in [0.1, 0.15) is 48.0 Å². The number of methoxy groups -OCH3 is 1. The Bertz CT molecular complexity index is 997. The molecule has 2 amide bonds. The molecule has 2 aliphatic rings. The molecule has 2 heterocycles. The summed E-state index contributed by atoms with van der Waals surface area (Å²) in [7, 11) is 3.66. The molecule has 1 aliphatic heterocycles. The maximum Gasteiger partial charge on any atom is 0.251 e. The van der Waals surface area contributed by atoms with Gasteiger partial charge in [-0.25, -0.2) is 4.98 Å². The van der Waals surface area contributed by atoms with Crippen molar-refractivity contribution in [1.82, 2.24) is 15.2 Å². The van der Waals surface area contributed by atoms with Crippen LogP contribution in [0.4, 0.5) is 5.69 Å². The van der Waals surface area contributed by atoms with Gasteiger partial charge in [-0.05, 0) is 61.6 Å². The number of rotatable bonds is 9. The van der Waals surface area contributed by atoms with E-state index in [-0.39, 0.29) is 11.8 Å². The molecule has 1 saturated carbocycles. The number of likely N-dealkylation sites (N-methyl/N-ethyl adjacent to an activating group) is 1. The molecule has 7 heteroatoms. The van der Waals surface area contributed by atoms with Gasteiger partial charge in [0.05, 0.1) is 19.0 Å². The molecule has 1 aromatic carbocycles. The van der Waals surface area contributed by atoms with Crippen LogP contribution in [0, 0.1) is 5.92 Å². The summed E-state index contributed by atoms with van der Waals surface area (Å²) < 4.78 is 5.06. The fourth-order valence-electron chi connectivity index (χ4n) is 3.99. The van der Waals surface area contributed by atoms with Gasteiger partial charge in [-0.3, -0.25) is 9.59 Å². The third-order valence-electron chi connectivity index (χ3n) is 6.33. The number of benzene rings is 1. The SMILES string of the molecule is COc1ccc(NC(=O)C(CCC2CC2)NC(=O)c2ccc(C3=CCN(C)CC3)cc2)cn1. The Morgan fingerprint density at radius 1 is 1.18 bits per heavy atom. The fourth-order valence-corrected chi connectivity index (χ4v) is 3.99. The second-order valence-electron chi connectivity index (χ2n) is 8.94. The lowest BCUT2D eigenvalue weighted by atomic mass is 9.98. The number of amides is 2. The molecule has 2 N–H and O–H groups in total. The first-order valence-corrected chi connectivity index (χ1v) is 11.6. The molecular formula is C26H32N4O3. The number of aromatic nitrogens is 1. The standard InChI is InChI=1S/C26H32N4O3/c1-30-15-13-20(14-16-30)19-6-8-21(9-7-19)25(31)29-23(11-5-18-3-4-18)26(32)28-22-10-12-24(33-2)27-17-22/h6-10,12-13,17-18,23H,3-5,11,14-16H2,1-2H3,(H,28,32)(H,29,31). The van der Waals surface area contributed by atoms with Gasteiger partial charge < -0.3 is 20.3 Å². The number of hydrogen-bond acceptors (Lipinski definition) is 5. The predicted molar refractivity (Wildman–Crippen MR) is 129 cm³/mol. The average molecular weight is 449 g/mol. The van der Waals surface area contributed by atoms with Crippen LogP contribution in [0.2, 0.25) is 0 Å². The first-order chi connectivity index (χ1) is 16.0. The van der Waals surface area contributed by atoms with Gasteiger partial charge in [0.15, 0.2) is 0 Å². The number of pyridine rings is 1. The molecule has 2 aromatic rings. The summed E-state index contributed by atoms with van der Waals surface area (Å²) in [6.45, 7) is 1.98. The maximum absolute atomic E-state index is 13.0. The van der Waals surface area contributed by atoms with Gasteiger partial charge in [0, 0.05) is 24.7 Å². The predicted octanol–water partition coefficient (Wildman–Crippen LogP) is 3.74. The first-order valence-electron chi connectivity index (χ1n) is 11.6. The van der Waals surface area contributed by atoms with E-state index in [4.69, 9.17) is 4.74 Å². The summed E-state index contributed by atoms with van der Waals surface area (Å²) in [4.78, 5) is 32.3. The first kappa shape index (κ1) is 23.0. The molecule has 0 radical (unpaired) electrons. The molecule has 1 atom stereocenters. The van der Waals surface area contributed by atoms with Crippen LogP contribution in [0.15, 0.2) is 48.7 Å². The van der Waals surface area contributed by atoms with E-state index in [0.29, 0.717) is 29.5 Å². The van der Waals surface area contributed by atoms with E-state index < -0.39 is 6.04 Å². The normalized spacial score (nSPS) is 17.1. The average Bonchev–Trinajstić information content (AvgIpc) is 3.67. The molecule has 0 bridgehead atoms. The number of anilines is 1. The van der Waals surface area contributed by atoms with E-state index in [1.807, 2.05) is 24.3 Å². The summed E-state index contributed by atoms with van der Waals surface area (Å²) in [5.74, 6) is 0.680. The maximum atomic E-state index is 13.0. The highest BCUT2D eigenvalue weighted by atomic mass is 16.5. The molecule has 1 fully saturated rings. The monoisotopic (exact) mass is 448 g/mol. The van der Waals surface area contributed by atoms with Crippen LogP contribution in [-0.2, 0) is 4.79 Å². The van der Waals surface area contributed by atoms with Gasteiger partial charge in [0.25, 0.3) is 5.91 Å². The van der Waals surface area contributed by atoms with E-state index in [1.54, 1.807) is 25.4 Å². The third kappa shape index (κ3) is 6.42. The molecule has 1 aliphatic carbocycles. The highest BCUT2D eigenvalue weighted by Crippen LogP contribution is 2.34. The van der Waals surface area contributed by atoms with Crippen LogP contribution in [-0.4, -0.2) is 55.0 Å². The van der Waals surface area contributed by atoms with Crippen molar-refractivity contribution < 1.29 is 14.3 Å². The molecule has 4 rings (SSSR count).